The summed E-state index contributed by atoms with van der Waals surface area (Å²) in [5, 5.41) is 12.2. The highest BCUT2D eigenvalue weighted by Crippen LogP contribution is 2.30. The van der Waals surface area contributed by atoms with E-state index in [1.807, 2.05) is 42.7 Å². The van der Waals surface area contributed by atoms with Crippen molar-refractivity contribution < 1.29 is 5.11 Å². The third-order valence-corrected chi connectivity index (χ3v) is 4.06. The van der Waals surface area contributed by atoms with Crippen LogP contribution in [0.3, 0.4) is 0 Å². The quantitative estimate of drug-likeness (QED) is 0.822. The van der Waals surface area contributed by atoms with Crippen LogP contribution >= 0.6 is 23.1 Å². The highest BCUT2D eigenvalue weighted by Gasteiger charge is 2.11. The molecule has 0 aliphatic rings. The normalized spacial score (nSPS) is 12.7. The summed E-state index contributed by atoms with van der Waals surface area (Å²) in [4.78, 5) is 2.22. The Bertz CT molecular complexity index is 422. The van der Waals surface area contributed by atoms with Gasteiger partial charge in [-0.1, -0.05) is 30.3 Å². The fourth-order valence-electron chi connectivity index (χ4n) is 1.38. The third-order valence-electron chi connectivity index (χ3n) is 2.22. The molecule has 0 aliphatic carbocycles. The molecule has 0 spiro atoms. The lowest BCUT2D eigenvalue weighted by Gasteiger charge is -2.07. The molecule has 2 aromatic rings. The highest BCUT2D eigenvalue weighted by molar-refractivity contribution is 7.98. The smallest absolute Gasteiger partial charge is 0.113 e. The molecule has 1 atom stereocenters. The topological polar surface area (TPSA) is 20.2 Å². The Balaban J connectivity index is 2.24. The molecule has 0 amide bonds. The van der Waals surface area contributed by atoms with Crippen molar-refractivity contribution in [2.75, 3.05) is 6.26 Å². The maximum absolute atomic E-state index is 10.1. The van der Waals surface area contributed by atoms with Gasteiger partial charge in [-0.2, -0.15) is 0 Å². The van der Waals surface area contributed by atoms with Crippen LogP contribution in [0.4, 0.5) is 0 Å². The Hall–Kier alpha value is -0.770. The lowest BCUT2D eigenvalue weighted by atomic mass is 10.1. The molecule has 1 unspecified atom stereocenters. The predicted octanol–water partition coefficient (Wildman–Crippen LogP) is 3.55. The van der Waals surface area contributed by atoms with Crippen LogP contribution in [0.25, 0.3) is 0 Å². The molecule has 1 heterocycles. The molecule has 15 heavy (non-hydrogen) atoms. The minimum absolute atomic E-state index is 0.489. The standard InChI is InChI=1S/C12H12OS2/c1-14-10-7-11(15-8-10)12(13)9-5-3-2-4-6-9/h2-8,12-13H,1H3. The number of thioether (sulfide) groups is 1. The average molecular weight is 236 g/mol. The second-order valence-corrected chi connectivity index (χ2v) is 5.02. The molecule has 0 saturated heterocycles. The Morgan fingerprint density at radius 1 is 1.27 bits per heavy atom. The summed E-state index contributed by atoms with van der Waals surface area (Å²) in [6.07, 6.45) is 1.55. The number of hydrogen-bond donors (Lipinski definition) is 1. The van der Waals surface area contributed by atoms with Gasteiger partial charge < -0.3 is 5.11 Å². The van der Waals surface area contributed by atoms with Crippen molar-refractivity contribution in [1.82, 2.24) is 0 Å². The van der Waals surface area contributed by atoms with Crippen LogP contribution in [0.15, 0.2) is 46.7 Å². The zero-order valence-corrected chi connectivity index (χ0v) is 10.0. The number of hydrogen-bond acceptors (Lipinski definition) is 3. The molecule has 0 aliphatic heterocycles. The summed E-state index contributed by atoms with van der Waals surface area (Å²) in [6.45, 7) is 0. The van der Waals surface area contributed by atoms with Gasteiger partial charge in [-0.15, -0.1) is 23.1 Å². The number of aliphatic hydroxyl groups excluding tert-OH is 1. The van der Waals surface area contributed by atoms with E-state index in [2.05, 4.69) is 5.38 Å². The Morgan fingerprint density at radius 2 is 2.00 bits per heavy atom. The van der Waals surface area contributed by atoms with Crippen molar-refractivity contribution in [2.45, 2.75) is 11.0 Å². The predicted molar refractivity (Wildman–Crippen MR) is 66.6 cm³/mol. The van der Waals surface area contributed by atoms with Gasteiger partial charge in [0.15, 0.2) is 0 Å². The van der Waals surface area contributed by atoms with Crippen LogP contribution in [0.5, 0.6) is 0 Å². The minimum Gasteiger partial charge on any atom is -0.383 e. The molecule has 3 heteroatoms. The number of aliphatic hydroxyl groups is 1. The Kier molecular flexibility index (Phi) is 3.46. The van der Waals surface area contributed by atoms with E-state index in [-0.39, 0.29) is 0 Å². The van der Waals surface area contributed by atoms with Gasteiger partial charge in [0.2, 0.25) is 0 Å². The molecule has 0 radical (unpaired) electrons. The van der Waals surface area contributed by atoms with Gasteiger partial charge in [-0.05, 0) is 17.9 Å². The van der Waals surface area contributed by atoms with Gasteiger partial charge in [0.05, 0.1) is 0 Å². The molecular weight excluding hydrogens is 224 g/mol. The van der Waals surface area contributed by atoms with E-state index in [4.69, 9.17) is 0 Å². The number of benzene rings is 1. The lowest BCUT2D eigenvalue weighted by Crippen LogP contribution is -1.95. The maximum Gasteiger partial charge on any atom is 0.113 e. The number of thiophene rings is 1. The van der Waals surface area contributed by atoms with Crippen molar-refractivity contribution in [1.29, 1.82) is 0 Å². The molecule has 1 aromatic carbocycles. The van der Waals surface area contributed by atoms with Gasteiger partial charge in [0, 0.05) is 15.2 Å². The first-order chi connectivity index (χ1) is 7.31. The van der Waals surface area contributed by atoms with Crippen molar-refractivity contribution in [3.8, 4) is 0 Å². The summed E-state index contributed by atoms with van der Waals surface area (Å²) in [6, 6.07) is 11.8. The molecule has 0 bridgehead atoms. The van der Waals surface area contributed by atoms with Crippen molar-refractivity contribution in [2.24, 2.45) is 0 Å². The number of rotatable bonds is 3. The zero-order chi connectivity index (χ0) is 10.7. The van der Waals surface area contributed by atoms with Gasteiger partial charge in [-0.25, -0.2) is 0 Å². The van der Waals surface area contributed by atoms with E-state index < -0.39 is 6.10 Å². The van der Waals surface area contributed by atoms with Crippen LogP contribution in [0, 0.1) is 0 Å². The lowest BCUT2D eigenvalue weighted by molar-refractivity contribution is 0.224. The second-order valence-electron chi connectivity index (χ2n) is 3.20. The molecule has 78 valence electrons. The first-order valence-electron chi connectivity index (χ1n) is 4.66. The highest BCUT2D eigenvalue weighted by atomic mass is 32.2. The molecule has 1 nitrogen and oxygen atoms in total. The van der Waals surface area contributed by atoms with E-state index in [0.29, 0.717) is 0 Å². The summed E-state index contributed by atoms with van der Waals surface area (Å²) in [5.41, 5.74) is 0.951. The van der Waals surface area contributed by atoms with Crippen LogP contribution in [-0.2, 0) is 0 Å². The average Bonchev–Trinajstić information content (AvgIpc) is 2.78. The minimum atomic E-state index is -0.489. The van der Waals surface area contributed by atoms with Crippen LogP contribution in [0.2, 0.25) is 0 Å². The van der Waals surface area contributed by atoms with Gasteiger partial charge in [0.1, 0.15) is 6.10 Å². The van der Waals surface area contributed by atoms with E-state index in [9.17, 15) is 5.11 Å². The van der Waals surface area contributed by atoms with Gasteiger partial charge in [0.25, 0.3) is 0 Å². The van der Waals surface area contributed by atoms with Crippen LogP contribution < -0.4 is 0 Å². The molecule has 0 fully saturated rings. The van der Waals surface area contributed by atoms with E-state index in [1.54, 1.807) is 23.1 Å². The van der Waals surface area contributed by atoms with Gasteiger partial charge in [-0.3, -0.25) is 0 Å². The molecule has 1 N–H and O–H groups in total. The van der Waals surface area contributed by atoms with E-state index in [0.717, 1.165) is 10.4 Å². The molecular formula is C12H12OS2. The van der Waals surface area contributed by atoms with E-state index in [1.165, 1.54) is 4.90 Å². The Labute approximate surface area is 97.8 Å². The fourth-order valence-corrected chi connectivity index (χ4v) is 3.01. The molecule has 0 saturated carbocycles. The van der Waals surface area contributed by atoms with Crippen molar-refractivity contribution >= 4 is 23.1 Å². The summed E-state index contributed by atoms with van der Waals surface area (Å²) in [5.74, 6) is 0. The summed E-state index contributed by atoms with van der Waals surface area (Å²) < 4.78 is 0. The second kappa shape index (κ2) is 4.84. The van der Waals surface area contributed by atoms with Crippen molar-refractivity contribution in [3.05, 3.63) is 52.2 Å². The van der Waals surface area contributed by atoms with E-state index >= 15 is 0 Å². The summed E-state index contributed by atoms with van der Waals surface area (Å²) in [7, 11) is 0. The maximum atomic E-state index is 10.1. The summed E-state index contributed by atoms with van der Waals surface area (Å²) >= 11 is 3.31. The first kappa shape index (κ1) is 10.7. The third kappa shape index (κ3) is 2.43. The fraction of sp³-hybridized carbons (Fsp3) is 0.167. The van der Waals surface area contributed by atoms with Gasteiger partial charge >= 0.3 is 0 Å². The first-order valence-corrected chi connectivity index (χ1v) is 6.77. The zero-order valence-electron chi connectivity index (χ0n) is 8.38. The largest absolute Gasteiger partial charge is 0.383 e. The monoisotopic (exact) mass is 236 g/mol. The molecule has 1 aromatic heterocycles. The SMILES string of the molecule is CSc1csc(C(O)c2ccccc2)c1. The van der Waals surface area contributed by atoms with Crippen LogP contribution in [-0.4, -0.2) is 11.4 Å². The van der Waals surface area contributed by atoms with Crippen molar-refractivity contribution in [3.63, 3.8) is 0 Å². The molecule has 2 rings (SSSR count). The Morgan fingerprint density at radius 3 is 2.60 bits per heavy atom. The van der Waals surface area contributed by atoms with Crippen LogP contribution in [0.1, 0.15) is 16.5 Å².